The molecule has 0 aliphatic rings. The molecular weight excluding hydrogens is 263 g/mol. The number of halogens is 2. The number of hydrogen-bond acceptors (Lipinski definition) is 3. The Hall–Kier alpha value is -1.45. The van der Waals surface area contributed by atoms with E-state index in [1.54, 1.807) is 18.2 Å². The van der Waals surface area contributed by atoms with Crippen LogP contribution < -0.4 is 4.74 Å². The summed E-state index contributed by atoms with van der Waals surface area (Å²) in [6, 6.07) is 7.79. The number of ether oxygens (including phenoxy) is 1. The fourth-order valence-electron chi connectivity index (χ4n) is 1.38. The molecule has 5 heteroatoms. The van der Waals surface area contributed by atoms with E-state index in [1.165, 1.54) is 19.2 Å². The average Bonchev–Trinajstić information content (AvgIpc) is 2.75. The molecule has 1 aromatic heterocycles. The maximum atomic E-state index is 12.0. The summed E-state index contributed by atoms with van der Waals surface area (Å²) < 4.78 is 10.1. The summed E-state index contributed by atoms with van der Waals surface area (Å²) in [7, 11) is 1.49. The minimum Gasteiger partial charge on any atom is -0.495 e. The quantitative estimate of drug-likeness (QED) is 0.796. The van der Waals surface area contributed by atoms with E-state index >= 15 is 0 Å². The molecule has 1 aromatic carbocycles. The zero-order valence-electron chi connectivity index (χ0n) is 8.87. The Balaban J connectivity index is 2.37. The molecule has 0 aliphatic carbocycles. The fourth-order valence-corrected chi connectivity index (χ4v) is 1.72. The molecule has 0 bridgehead atoms. The number of ketones is 1. The molecule has 0 fully saturated rings. The van der Waals surface area contributed by atoms with E-state index in [9.17, 15) is 4.79 Å². The maximum absolute atomic E-state index is 12.0. The van der Waals surface area contributed by atoms with E-state index in [0.717, 1.165) is 0 Å². The summed E-state index contributed by atoms with van der Waals surface area (Å²) >= 11 is 11.5. The third-order valence-corrected chi connectivity index (χ3v) is 2.73. The van der Waals surface area contributed by atoms with Crippen LogP contribution in [0.4, 0.5) is 0 Å². The lowest BCUT2D eigenvalue weighted by molar-refractivity contribution is 0.101. The highest BCUT2D eigenvalue weighted by Crippen LogP contribution is 2.26. The Labute approximate surface area is 108 Å². The first-order chi connectivity index (χ1) is 8.11. The molecule has 3 nitrogen and oxygen atoms in total. The van der Waals surface area contributed by atoms with Crippen LogP contribution in [0.1, 0.15) is 16.1 Å². The Kier molecular flexibility index (Phi) is 3.41. The Bertz CT molecular complexity index is 561. The number of carbonyl (C=O) groups excluding carboxylic acids is 1. The first-order valence-electron chi connectivity index (χ1n) is 4.75. The largest absolute Gasteiger partial charge is 0.495 e. The van der Waals surface area contributed by atoms with Crippen LogP contribution in [0.25, 0.3) is 0 Å². The van der Waals surface area contributed by atoms with Crippen LogP contribution >= 0.6 is 23.2 Å². The Morgan fingerprint density at radius 1 is 1.24 bits per heavy atom. The molecule has 0 amide bonds. The molecule has 2 rings (SSSR count). The van der Waals surface area contributed by atoms with E-state index in [4.69, 9.17) is 32.4 Å². The molecular formula is C12H8Cl2O3. The predicted molar refractivity (Wildman–Crippen MR) is 65.2 cm³/mol. The van der Waals surface area contributed by atoms with Gasteiger partial charge in [0.05, 0.1) is 12.1 Å². The minimum absolute atomic E-state index is 0.175. The van der Waals surface area contributed by atoms with Gasteiger partial charge in [0, 0.05) is 5.56 Å². The number of methoxy groups -OCH3 is 1. The summed E-state index contributed by atoms with van der Waals surface area (Å²) in [6.07, 6.45) is 0. The number of carbonyl (C=O) groups is 1. The van der Waals surface area contributed by atoms with Crippen LogP contribution in [0.3, 0.4) is 0 Å². The molecule has 17 heavy (non-hydrogen) atoms. The highest BCUT2D eigenvalue weighted by atomic mass is 35.5. The lowest BCUT2D eigenvalue weighted by atomic mass is 10.1. The van der Waals surface area contributed by atoms with Gasteiger partial charge in [0.1, 0.15) is 5.75 Å². The molecule has 2 aromatic rings. The van der Waals surface area contributed by atoms with Crippen molar-refractivity contribution in [2.75, 3.05) is 7.11 Å². The third kappa shape index (κ3) is 2.46. The molecule has 0 radical (unpaired) electrons. The van der Waals surface area contributed by atoms with Crippen LogP contribution in [0.2, 0.25) is 10.2 Å². The van der Waals surface area contributed by atoms with Crippen molar-refractivity contribution in [3.63, 3.8) is 0 Å². The van der Waals surface area contributed by atoms with Gasteiger partial charge in [-0.1, -0.05) is 11.6 Å². The first-order valence-corrected chi connectivity index (χ1v) is 5.51. The normalized spacial score (nSPS) is 10.3. The highest BCUT2D eigenvalue weighted by Gasteiger charge is 2.15. The molecule has 0 aliphatic heterocycles. The van der Waals surface area contributed by atoms with Gasteiger partial charge < -0.3 is 9.15 Å². The van der Waals surface area contributed by atoms with Crippen LogP contribution in [0.15, 0.2) is 34.7 Å². The zero-order valence-corrected chi connectivity index (χ0v) is 10.4. The predicted octanol–water partition coefficient (Wildman–Crippen LogP) is 3.83. The van der Waals surface area contributed by atoms with Crippen molar-refractivity contribution in [3.8, 4) is 5.75 Å². The Morgan fingerprint density at radius 3 is 2.59 bits per heavy atom. The second-order valence-corrected chi connectivity index (χ2v) is 4.06. The van der Waals surface area contributed by atoms with Gasteiger partial charge in [-0.2, -0.15) is 0 Å². The van der Waals surface area contributed by atoms with E-state index in [1.807, 2.05) is 0 Å². The van der Waals surface area contributed by atoms with E-state index in [-0.39, 0.29) is 16.8 Å². The van der Waals surface area contributed by atoms with Crippen LogP contribution in [0.5, 0.6) is 5.75 Å². The lowest BCUT2D eigenvalue weighted by Crippen LogP contribution is -2.00. The summed E-state index contributed by atoms with van der Waals surface area (Å²) in [6.45, 7) is 0. The van der Waals surface area contributed by atoms with Gasteiger partial charge in [-0.15, -0.1) is 0 Å². The van der Waals surface area contributed by atoms with Gasteiger partial charge in [0.15, 0.2) is 11.0 Å². The van der Waals surface area contributed by atoms with Crippen molar-refractivity contribution in [3.05, 3.63) is 51.9 Å². The SMILES string of the molecule is COc1cc(C(=O)c2ccc(Cl)o2)ccc1Cl. The summed E-state index contributed by atoms with van der Waals surface area (Å²) in [5, 5.41) is 0.621. The van der Waals surface area contributed by atoms with Crippen molar-refractivity contribution in [1.29, 1.82) is 0 Å². The standard InChI is InChI=1S/C12H8Cl2O3/c1-16-10-6-7(2-3-8(10)13)12(15)9-4-5-11(14)17-9/h2-6H,1H3. The summed E-state index contributed by atoms with van der Waals surface area (Å²) in [5.74, 6) is 0.349. The number of benzene rings is 1. The smallest absolute Gasteiger partial charge is 0.228 e. The minimum atomic E-state index is -0.271. The highest BCUT2D eigenvalue weighted by molar-refractivity contribution is 6.32. The van der Waals surface area contributed by atoms with E-state index in [0.29, 0.717) is 16.3 Å². The number of furan rings is 1. The van der Waals surface area contributed by atoms with Gasteiger partial charge >= 0.3 is 0 Å². The van der Waals surface area contributed by atoms with Crippen molar-refractivity contribution >= 4 is 29.0 Å². The second kappa shape index (κ2) is 4.82. The van der Waals surface area contributed by atoms with Crippen molar-refractivity contribution in [1.82, 2.24) is 0 Å². The van der Waals surface area contributed by atoms with Crippen LogP contribution in [-0.2, 0) is 0 Å². The topological polar surface area (TPSA) is 39.4 Å². The molecule has 1 heterocycles. The van der Waals surface area contributed by atoms with E-state index in [2.05, 4.69) is 0 Å². The molecule has 88 valence electrons. The van der Waals surface area contributed by atoms with Crippen LogP contribution in [-0.4, -0.2) is 12.9 Å². The molecule has 0 saturated carbocycles. The lowest BCUT2D eigenvalue weighted by Gasteiger charge is -2.04. The van der Waals surface area contributed by atoms with Gasteiger partial charge in [0.2, 0.25) is 5.78 Å². The zero-order chi connectivity index (χ0) is 12.4. The number of rotatable bonds is 3. The fraction of sp³-hybridized carbons (Fsp3) is 0.0833. The first kappa shape index (κ1) is 12.0. The van der Waals surface area contributed by atoms with Gasteiger partial charge in [0.25, 0.3) is 0 Å². The summed E-state index contributed by atoms with van der Waals surface area (Å²) in [5.41, 5.74) is 0.428. The monoisotopic (exact) mass is 270 g/mol. The molecule has 0 atom stereocenters. The van der Waals surface area contributed by atoms with Crippen molar-refractivity contribution in [2.24, 2.45) is 0 Å². The molecule has 0 saturated heterocycles. The molecule has 0 unspecified atom stereocenters. The van der Waals surface area contributed by atoms with Gasteiger partial charge in [-0.05, 0) is 41.9 Å². The summed E-state index contributed by atoms with van der Waals surface area (Å²) in [4.78, 5) is 12.0. The second-order valence-electron chi connectivity index (χ2n) is 3.28. The average molecular weight is 271 g/mol. The Morgan fingerprint density at radius 2 is 2.00 bits per heavy atom. The number of hydrogen-bond donors (Lipinski definition) is 0. The van der Waals surface area contributed by atoms with Crippen molar-refractivity contribution < 1.29 is 13.9 Å². The molecule has 0 spiro atoms. The van der Waals surface area contributed by atoms with E-state index < -0.39 is 0 Å². The van der Waals surface area contributed by atoms with Crippen LogP contribution in [0, 0.1) is 0 Å². The maximum Gasteiger partial charge on any atom is 0.228 e. The third-order valence-electron chi connectivity index (χ3n) is 2.21. The van der Waals surface area contributed by atoms with Crippen molar-refractivity contribution in [2.45, 2.75) is 0 Å². The molecule has 0 N–H and O–H groups in total. The van der Waals surface area contributed by atoms with Gasteiger partial charge in [-0.25, -0.2) is 0 Å². The van der Waals surface area contributed by atoms with Gasteiger partial charge in [-0.3, -0.25) is 4.79 Å².